The van der Waals surface area contributed by atoms with Crippen LogP contribution in [-0.2, 0) is 25.5 Å². The van der Waals surface area contributed by atoms with Crippen LogP contribution in [0.4, 0.5) is 0 Å². The SMILES string of the molecule is CCCC(=O)NC1BOc2c(cc(Cl)c(Cl)c2C(=O)OCOC(=O)C(C)(C)C)C1. The van der Waals surface area contributed by atoms with Gasteiger partial charge in [0.05, 0.1) is 15.5 Å². The number of amides is 1. The highest BCUT2D eigenvalue weighted by molar-refractivity contribution is 6.44. The van der Waals surface area contributed by atoms with E-state index in [9.17, 15) is 14.4 Å². The number of nitrogens with one attached hydrogen (secondary N) is 1. The summed E-state index contributed by atoms with van der Waals surface area (Å²) in [7, 11) is 0.180. The molecule has 1 N–H and O–H groups in total. The fourth-order valence-electron chi connectivity index (χ4n) is 2.71. The van der Waals surface area contributed by atoms with Crippen LogP contribution in [0.5, 0.6) is 5.75 Å². The molecule has 2 rings (SSSR count). The van der Waals surface area contributed by atoms with Crippen molar-refractivity contribution in [2.45, 2.75) is 52.9 Å². The summed E-state index contributed by atoms with van der Waals surface area (Å²) in [6.07, 6.45) is 1.60. The molecule has 158 valence electrons. The van der Waals surface area contributed by atoms with Crippen molar-refractivity contribution in [1.82, 2.24) is 5.32 Å². The molecule has 0 spiro atoms. The number of fused-ring (bicyclic) bond motifs is 1. The Labute approximate surface area is 180 Å². The highest BCUT2D eigenvalue weighted by atomic mass is 35.5. The van der Waals surface area contributed by atoms with Gasteiger partial charge in [-0.1, -0.05) is 30.1 Å². The molecule has 1 aromatic rings. The standard InChI is InChI=1S/C19H24BCl2NO6/c1-5-6-13(24)23-12-8-10-7-11(21)15(22)14(16(10)29-20-12)17(25)27-9-28-18(26)19(2,3)4/h7,12,20H,5-6,8-9H2,1-4H3,(H,23,24). The lowest BCUT2D eigenvalue weighted by molar-refractivity contribution is -0.161. The van der Waals surface area contributed by atoms with Gasteiger partial charge < -0.3 is 19.4 Å². The van der Waals surface area contributed by atoms with Gasteiger partial charge in [-0.05, 0) is 45.2 Å². The Morgan fingerprint density at radius 1 is 1.28 bits per heavy atom. The molecule has 1 aliphatic rings. The normalized spacial score (nSPS) is 15.4. The van der Waals surface area contributed by atoms with E-state index >= 15 is 0 Å². The van der Waals surface area contributed by atoms with E-state index in [-0.39, 0.29) is 40.7 Å². The Bertz CT molecular complexity index is 809. The van der Waals surface area contributed by atoms with Crippen LogP contribution >= 0.6 is 23.2 Å². The van der Waals surface area contributed by atoms with Crippen LogP contribution in [-0.4, -0.2) is 38.1 Å². The fourth-order valence-corrected chi connectivity index (χ4v) is 3.16. The first kappa shape index (κ1) is 23.4. The third kappa shape index (κ3) is 6.03. The number of halogens is 2. The summed E-state index contributed by atoms with van der Waals surface area (Å²) in [6.45, 7) is 6.42. The van der Waals surface area contributed by atoms with Crippen molar-refractivity contribution < 1.29 is 28.5 Å². The smallest absolute Gasteiger partial charge is 0.363 e. The quantitative estimate of drug-likeness (QED) is 0.412. The van der Waals surface area contributed by atoms with Crippen molar-refractivity contribution in [3.05, 3.63) is 27.2 Å². The molecule has 0 saturated heterocycles. The molecular weight excluding hydrogens is 420 g/mol. The fraction of sp³-hybridized carbons (Fsp3) is 0.526. The van der Waals surface area contributed by atoms with Gasteiger partial charge in [0.25, 0.3) is 0 Å². The lowest BCUT2D eigenvalue weighted by atomic mass is 9.79. The van der Waals surface area contributed by atoms with Crippen molar-refractivity contribution >= 4 is 48.5 Å². The maximum absolute atomic E-state index is 12.6. The Hall–Kier alpha value is -1.93. The first-order chi connectivity index (χ1) is 13.5. The largest absolute Gasteiger partial charge is 0.561 e. The van der Waals surface area contributed by atoms with Crippen molar-refractivity contribution in [3.63, 3.8) is 0 Å². The van der Waals surface area contributed by atoms with E-state index in [1.54, 1.807) is 26.8 Å². The molecule has 0 fully saturated rings. The van der Waals surface area contributed by atoms with Gasteiger partial charge in [0.2, 0.25) is 12.7 Å². The predicted octanol–water partition coefficient (Wildman–Crippen LogP) is 3.23. The number of esters is 2. The molecule has 1 unspecified atom stereocenters. The predicted molar refractivity (Wildman–Crippen MR) is 111 cm³/mol. The summed E-state index contributed by atoms with van der Waals surface area (Å²) >= 11 is 12.4. The molecule has 10 heteroatoms. The van der Waals surface area contributed by atoms with E-state index < -0.39 is 24.1 Å². The molecule has 0 bridgehead atoms. The lowest BCUT2D eigenvalue weighted by Crippen LogP contribution is -2.45. The third-order valence-corrected chi connectivity index (χ3v) is 4.97. The molecule has 1 amide bonds. The number of benzene rings is 1. The summed E-state index contributed by atoms with van der Waals surface area (Å²) in [5.74, 6) is -1.37. The van der Waals surface area contributed by atoms with Crippen LogP contribution < -0.4 is 9.97 Å². The van der Waals surface area contributed by atoms with E-state index in [0.717, 1.165) is 6.42 Å². The van der Waals surface area contributed by atoms with Gasteiger partial charge in [-0.25, -0.2) is 4.79 Å². The summed E-state index contributed by atoms with van der Waals surface area (Å²) in [4.78, 5) is 36.2. The second-order valence-electron chi connectivity index (χ2n) is 7.80. The molecule has 0 saturated carbocycles. The van der Waals surface area contributed by atoms with E-state index in [4.69, 9.17) is 37.3 Å². The van der Waals surface area contributed by atoms with Crippen LogP contribution in [0.25, 0.3) is 0 Å². The Kier molecular flexibility index (Phi) is 7.83. The van der Waals surface area contributed by atoms with E-state index in [1.807, 2.05) is 6.92 Å². The summed E-state index contributed by atoms with van der Waals surface area (Å²) in [5.41, 5.74) is -0.120. The highest BCUT2D eigenvalue weighted by Crippen LogP contribution is 2.39. The number of ether oxygens (including phenoxy) is 2. The van der Waals surface area contributed by atoms with Crippen LogP contribution in [0.3, 0.4) is 0 Å². The molecule has 0 radical (unpaired) electrons. The maximum Gasteiger partial charge on any atom is 0.363 e. The second kappa shape index (κ2) is 9.72. The van der Waals surface area contributed by atoms with E-state index in [1.165, 1.54) is 0 Å². The Morgan fingerprint density at radius 2 is 1.97 bits per heavy atom. The second-order valence-corrected chi connectivity index (χ2v) is 8.58. The monoisotopic (exact) mass is 443 g/mol. The number of rotatable bonds is 6. The molecule has 1 aliphatic heterocycles. The molecule has 1 aromatic carbocycles. The highest BCUT2D eigenvalue weighted by Gasteiger charge is 2.31. The average Bonchev–Trinajstić information content (AvgIpc) is 2.62. The minimum atomic E-state index is -0.816. The molecule has 1 heterocycles. The number of carbonyl (C=O) groups is 3. The van der Waals surface area contributed by atoms with Gasteiger partial charge in [-0.2, -0.15) is 0 Å². The van der Waals surface area contributed by atoms with Gasteiger partial charge in [-0.15, -0.1) is 0 Å². The number of hydrogen-bond donors (Lipinski definition) is 1. The Balaban J connectivity index is 2.14. The summed E-state index contributed by atoms with van der Waals surface area (Å²) < 4.78 is 15.7. The molecule has 29 heavy (non-hydrogen) atoms. The van der Waals surface area contributed by atoms with Gasteiger partial charge in [0, 0.05) is 12.4 Å². The van der Waals surface area contributed by atoms with Crippen molar-refractivity contribution in [2.24, 2.45) is 5.41 Å². The molecule has 0 aromatic heterocycles. The molecule has 0 aliphatic carbocycles. The zero-order valence-electron chi connectivity index (χ0n) is 16.9. The molecule has 7 nitrogen and oxygen atoms in total. The number of carbonyl (C=O) groups excluding carboxylic acids is 3. The zero-order chi connectivity index (χ0) is 21.8. The molecule has 1 atom stereocenters. The van der Waals surface area contributed by atoms with E-state index in [2.05, 4.69) is 5.32 Å². The zero-order valence-corrected chi connectivity index (χ0v) is 18.4. The van der Waals surface area contributed by atoms with Crippen LogP contribution in [0, 0.1) is 5.41 Å². The van der Waals surface area contributed by atoms with Crippen molar-refractivity contribution in [1.29, 1.82) is 0 Å². The summed E-state index contributed by atoms with van der Waals surface area (Å²) in [6, 6.07) is 1.60. The molecular formula is C19H24BCl2NO6. The van der Waals surface area contributed by atoms with Gasteiger partial charge in [0.1, 0.15) is 11.3 Å². The topological polar surface area (TPSA) is 90.9 Å². The van der Waals surface area contributed by atoms with Crippen LogP contribution in [0.1, 0.15) is 56.5 Å². The minimum Gasteiger partial charge on any atom is -0.561 e. The van der Waals surface area contributed by atoms with E-state index in [0.29, 0.717) is 18.4 Å². The van der Waals surface area contributed by atoms with Gasteiger partial charge in [0.15, 0.2) is 0 Å². The van der Waals surface area contributed by atoms with Crippen LogP contribution in [0.2, 0.25) is 10.0 Å². The third-order valence-electron chi connectivity index (χ3n) is 4.18. The van der Waals surface area contributed by atoms with Crippen LogP contribution in [0.15, 0.2) is 6.07 Å². The lowest BCUT2D eigenvalue weighted by Gasteiger charge is -2.27. The first-order valence-electron chi connectivity index (χ1n) is 9.32. The Morgan fingerprint density at radius 3 is 2.59 bits per heavy atom. The summed E-state index contributed by atoms with van der Waals surface area (Å²) in [5, 5.41) is 3.04. The first-order valence-corrected chi connectivity index (χ1v) is 10.1. The van der Waals surface area contributed by atoms with Gasteiger partial charge >= 0.3 is 19.4 Å². The van der Waals surface area contributed by atoms with Gasteiger partial charge in [-0.3, -0.25) is 9.59 Å². The minimum absolute atomic E-state index is 0.00830. The van der Waals surface area contributed by atoms with Crippen molar-refractivity contribution in [3.8, 4) is 5.75 Å². The number of hydrogen-bond acceptors (Lipinski definition) is 6. The average molecular weight is 444 g/mol. The van der Waals surface area contributed by atoms with Crippen molar-refractivity contribution in [2.75, 3.05) is 6.79 Å². The maximum atomic E-state index is 12.6.